The lowest BCUT2D eigenvalue weighted by Crippen LogP contribution is -2.44. The van der Waals surface area contributed by atoms with Crippen LogP contribution in [0.15, 0.2) is 41.3 Å². The fraction of sp³-hybridized carbons (Fsp3) is 0.421. The molecule has 1 aliphatic carbocycles. The second-order valence-electron chi connectivity index (χ2n) is 6.57. The third kappa shape index (κ3) is 5.14. The summed E-state index contributed by atoms with van der Waals surface area (Å²) in [7, 11) is -1.04. The van der Waals surface area contributed by atoms with Gasteiger partial charge in [-0.25, -0.2) is 13.1 Å². The lowest BCUT2D eigenvalue weighted by molar-refractivity contribution is -0.127. The van der Waals surface area contributed by atoms with E-state index in [1.807, 2.05) is 0 Å². The third-order valence-corrected chi connectivity index (χ3v) is 6.02. The fourth-order valence-corrected chi connectivity index (χ4v) is 4.24. The molecule has 9 nitrogen and oxygen atoms in total. The number of ether oxygens (including phenoxy) is 3. The van der Waals surface area contributed by atoms with Crippen molar-refractivity contribution in [3.63, 3.8) is 0 Å². The molecule has 0 bridgehead atoms. The quantitative estimate of drug-likeness (QED) is 0.721. The minimum atomic E-state index is -3.95. The van der Waals surface area contributed by atoms with Crippen molar-refractivity contribution in [1.82, 2.24) is 14.7 Å². The van der Waals surface area contributed by atoms with E-state index in [1.54, 1.807) is 18.2 Å². The molecule has 1 N–H and O–H groups in total. The number of sulfonamides is 1. The van der Waals surface area contributed by atoms with Crippen molar-refractivity contribution in [3.8, 4) is 17.8 Å². The molecular weight excluding hydrogens is 398 g/mol. The van der Waals surface area contributed by atoms with Crippen LogP contribution in [-0.2, 0) is 14.8 Å². The van der Waals surface area contributed by atoms with Gasteiger partial charge in [-0.2, -0.15) is 9.97 Å². The zero-order chi connectivity index (χ0) is 20.9. The third-order valence-electron chi connectivity index (χ3n) is 4.66. The van der Waals surface area contributed by atoms with Gasteiger partial charge in [0, 0.05) is 0 Å². The number of rotatable bonds is 7. The number of benzene rings is 1. The van der Waals surface area contributed by atoms with Crippen molar-refractivity contribution in [2.24, 2.45) is 5.92 Å². The van der Waals surface area contributed by atoms with Crippen LogP contribution in [0.5, 0.6) is 17.8 Å². The van der Waals surface area contributed by atoms with Crippen LogP contribution in [0.4, 0.5) is 0 Å². The number of hydrogen-bond donors (Lipinski definition) is 1. The summed E-state index contributed by atoms with van der Waals surface area (Å²) in [4.78, 5) is 21.1. The second-order valence-corrected chi connectivity index (χ2v) is 8.25. The summed E-state index contributed by atoms with van der Waals surface area (Å²) in [6.07, 6.45) is 2.16. The van der Waals surface area contributed by atoms with Gasteiger partial charge in [-0.3, -0.25) is 4.79 Å². The Morgan fingerprint density at radius 2 is 1.66 bits per heavy atom. The molecule has 1 heterocycles. The monoisotopic (exact) mass is 421 g/mol. The summed E-state index contributed by atoms with van der Waals surface area (Å²) in [6, 6.07) is 9.27. The van der Waals surface area contributed by atoms with Crippen LogP contribution in [0.2, 0.25) is 0 Å². The van der Waals surface area contributed by atoms with Crippen molar-refractivity contribution in [2.75, 3.05) is 14.2 Å². The van der Waals surface area contributed by atoms with Crippen LogP contribution < -0.4 is 18.9 Å². The van der Waals surface area contributed by atoms with E-state index >= 15 is 0 Å². The van der Waals surface area contributed by atoms with Gasteiger partial charge in [0.1, 0.15) is 6.10 Å². The molecule has 29 heavy (non-hydrogen) atoms. The summed E-state index contributed by atoms with van der Waals surface area (Å²) >= 11 is 0. The minimum absolute atomic E-state index is 0.0109. The average molecular weight is 421 g/mol. The molecule has 2 atom stereocenters. The summed E-state index contributed by atoms with van der Waals surface area (Å²) in [5.74, 6) is -0.734. The molecule has 0 radical (unpaired) electrons. The van der Waals surface area contributed by atoms with Crippen LogP contribution >= 0.6 is 0 Å². The van der Waals surface area contributed by atoms with Gasteiger partial charge >= 0.3 is 6.01 Å². The van der Waals surface area contributed by atoms with Crippen LogP contribution in [0, 0.1) is 5.92 Å². The Hall–Kier alpha value is -2.88. The van der Waals surface area contributed by atoms with E-state index in [2.05, 4.69) is 14.7 Å². The Kier molecular flexibility index (Phi) is 6.53. The van der Waals surface area contributed by atoms with Crippen LogP contribution in [0.3, 0.4) is 0 Å². The van der Waals surface area contributed by atoms with Crippen LogP contribution in [-0.4, -0.2) is 44.6 Å². The van der Waals surface area contributed by atoms with E-state index in [9.17, 15) is 13.2 Å². The number of methoxy groups -OCH3 is 2. The van der Waals surface area contributed by atoms with Gasteiger partial charge in [-0.15, -0.1) is 0 Å². The van der Waals surface area contributed by atoms with Crippen molar-refractivity contribution in [1.29, 1.82) is 0 Å². The lowest BCUT2D eigenvalue weighted by atomic mass is 9.86. The molecule has 0 saturated heterocycles. The van der Waals surface area contributed by atoms with Gasteiger partial charge in [0.2, 0.25) is 17.7 Å². The SMILES string of the molecule is COc1cc(OC)nc(OC2CCCCC2C(=O)NS(=O)(=O)c2ccccc2)n1. The Morgan fingerprint density at radius 1 is 1.03 bits per heavy atom. The largest absolute Gasteiger partial charge is 0.481 e. The number of amides is 1. The van der Waals surface area contributed by atoms with Gasteiger partial charge in [0.05, 0.1) is 31.1 Å². The number of hydrogen-bond acceptors (Lipinski definition) is 8. The van der Waals surface area contributed by atoms with Crippen LogP contribution in [0.25, 0.3) is 0 Å². The van der Waals surface area contributed by atoms with E-state index in [0.717, 1.165) is 12.8 Å². The number of nitrogens with zero attached hydrogens (tertiary/aromatic N) is 2. The first-order valence-corrected chi connectivity index (χ1v) is 10.7. The molecule has 1 aliphatic rings. The predicted octanol–water partition coefficient (Wildman–Crippen LogP) is 1.94. The molecule has 1 aromatic carbocycles. The van der Waals surface area contributed by atoms with E-state index in [-0.39, 0.29) is 22.7 Å². The average Bonchev–Trinajstić information content (AvgIpc) is 2.74. The Morgan fingerprint density at radius 3 is 2.28 bits per heavy atom. The molecule has 0 aliphatic heterocycles. The second kappa shape index (κ2) is 9.08. The maximum Gasteiger partial charge on any atom is 0.323 e. The van der Waals surface area contributed by atoms with Gasteiger partial charge in [0.15, 0.2) is 0 Å². The Balaban J connectivity index is 1.77. The Bertz CT molecular complexity index is 929. The first-order valence-electron chi connectivity index (χ1n) is 9.18. The summed E-state index contributed by atoms with van der Waals surface area (Å²) in [5, 5.41) is 0. The molecule has 1 aromatic heterocycles. The number of carbonyl (C=O) groups excluding carboxylic acids is 1. The number of aromatic nitrogens is 2. The smallest absolute Gasteiger partial charge is 0.323 e. The number of nitrogens with one attached hydrogen (secondary N) is 1. The van der Waals surface area contributed by atoms with E-state index in [4.69, 9.17) is 14.2 Å². The van der Waals surface area contributed by atoms with E-state index in [1.165, 1.54) is 32.4 Å². The molecule has 3 rings (SSSR count). The highest BCUT2D eigenvalue weighted by atomic mass is 32.2. The standard InChI is InChI=1S/C19H23N3O6S/c1-26-16-12-17(27-2)21-19(20-16)28-15-11-7-6-10-14(15)18(23)22-29(24,25)13-8-4-3-5-9-13/h3-5,8-9,12,14-15H,6-7,10-11H2,1-2H3,(H,22,23). The van der Waals surface area contributed by atoms with Gasteiger partial charge in [0.25, 0.3) is 10.0 Å². The van der Waals surface area contributed by atoms with Crippen molar-refractivity contribution >= 4 is 15.9 Å². The molecule has 1 fully saturated rings. The van der Waals surface area contributed by atoms with Crippen molar-refractivity contribution in [2.45, 2.75) is 36.7 Å². The molecule has 10 heteroatoms. The Labute approximate surface area is 169 Å². The molecule has 0 spiro atoms. The zero-order valence-electron chi connectivity index (χ0n) is 16.2. The summed E-state index contributed by atoms with van der Waals surface area (Å²) in [6.45, 7) is 0. The van der Waals surface area contributed by atoms with Crippen molar-refractivity contribution in [3.05, 3.63) is 36.4 Å². The molecule has 156 valence electrons. The molecule has 1 amide bonds. The lowest BCUT2D eigenvalue weighted by Gasteiger charge is -2.30. The predicted molar refractivity (Wildman–Crippen MR) is 103 cm³/mol. The zero-order valence-corrected chi connectivity index (χ0v) is 17.0. The molecule has 2 unspecified atom stereocenters. The normalized spacial score (nSPS) is 19.2. The highest BCUT2D eigenvalue weighted by molar-refractivity contribution is 7.90. The van der Waals surface area contributed by atoms with Gasteiger partial charge in [-0.1, -0.05) is 24.6 Å². The highest BCUT2D eigenvalue weighted by Gasteiger charge is 2.35. The topological polar surface area (TPSA) is 117 Å². The van der Waals surface area contributed by atoms with E-state index in [0.29, 0.717) is 12.8 Å². The summed E-state index contributed by atoms with van der Waals surface area (Å²) < 4.78 is 43.2. The first-order chi connectivity index (χ1) is 13.9. The minimum Gasteiger partial charge on any atom is -0.481 e. The molecular formula is C19H23N3O6S. The summed E-state index contributed by atoms with van der Waals surface area (Å²) in [5.41, 5.74) is 0. The molecule has 1 saturated carbocycles. The number of carbonyl (C=O) groups is 1. The fourth-order valence-electron chi connectivity index (χ4n) is 3.19. The van der Waals surface area contributed by atoms with Crippen LogP contribution in [0.1, 0.15) is 25.7 Å². The van der Waals surface area contributed by atoms with Crippen molar-refractivity contribution < 1.29 is 27.4 Å². The maximum atomic E-state index is 12.8. The molecule has 2 aromatic rings. The maximum absolute atomic E-state index is 12.8. The highest BCUT2D eigenvalue weighted by Crippen LogP contribution is 2.29. The first kappa shape index (κ1) is 20.8. The van der Waals surface area contributed by atoms with E-state index < -0.39 is 28.0 Å². The van der Waals surface area contributed by atoms with Gasteiger partial charge in [-0.05, 0) is 31.4 Å². The van der Waals surface area contributed by atoms with Gasteiger partial charge < -0.3 is 14.2 Å².